The van der Waals surface area contributed by atoms with Crippen molar-refractivity contribution in [2.75, 3.05) is 33.0 Å². The molecule has 2 aliphatic heterocycles. The zero-order chi connectivity index (χ0) is 36.6. The van der Waals surface area contributed by atoms with Gasteiger partial charge in [0.15, 0.2) is 0 Å². The average molecular weight is 846 g/mol. The number of fused-ring (bicyclic) bond motifs is 1. The molecule has 50 heavy (non-hydrogen) atoms. The molecule has 1 aromatic carbocycles. The van der Waals surface area contributed by atoms with Crippen molar-refractivity contribution >= 4 is 58.5 Å². The highest BCUT2D eigenvalue weighted by Crippen LogP contribution is 2.32. The Morgan fingerprint density at radius 3 is 2.48 bits per heavy atom. The minimum Gasteiger partial charge on any atom is -0.493 e. The summed E-state index contributed by atoms with van der Waals surface area (Å²) in [5.41, 5.74) is -1.40. The maximum Gasteiger partial charge on any atom is 0.333 e. The van der Waals surface area contributed by atoms with Crippen LogP contribution < -0.4 is 21.3 Å². The zero-order valence-corrected chi connectivity index (χ0v) is 32.7. The maximum atomic E-state index is 14.3. The van der Waals surface area contributed by atoms with Crippen molar-refractivity contribution in [2.24, 2.45) is 5.92 Å². The smallest absolute Gasteiger partial charge is 0.333 e. The lowest BCUT2D eigenvalue weighted by Gasteiger charge is -2.28. The van der Waals surface area contributed by atoms with E-state index in [2.05, 4.69) is 20.2 Å². The summed E-state index contributed by atoms with van der Waals surface area (Å²) in [7, 11) is 3.50. The molecule has 0 saturated carbocycles. The quantitative estimate of drug-likeness (QED) is 0.153. The van der Waals surface area contributed by atoms with E-state index >= 15 is 0 Å². The van der Waals surface area contributed by atoms with Crippen LogP contribution in [-0.2, 0) is 32.8 Å². The summed E-state index contributed by atoms with van der Waals surface area (Å²) >= 11 is 3.12. The van der Waals surface area contributed by atoms with Gasteiger partial charge in [-0.25, -0.2) is 18.4 Å². The third-order valence-electron chi connectivity index (χ3n) is 8.43. The standard InChI is InChI=1S/C29H34FN5O5S.C5H10O2.HIS/c1-17(2)32-27(37)29(4,5)35-24(36)23-18(3)25(34-11-6-10-31-34)41-26(23)33(28(35)38)12-9-20-13-21(30)7-8-22(20)40-16-19-14-39-15-19;6-5-1-3-7-4-2-5;1-2/h6-8,10-11,13,17,19H,9,12,14-16H2,1-5H3,(H,32,37);5-6H,1-4H2;2H. The zero-order valence-electron chi connectivity index (χ0n) is 28.9. The van der Waals surface area contributed by atoms with Crippen LogP contribution in [0.1, 0.15) is 51.7 Å². The Morgan fingerprint density at radius 1 is 1.22 bits per heavy atom. The van der Waals surface area contributed by atoms with Crippen molar-refractivity contribution in [1.29, 1.82) is 0 Å². The lowest BCUT2D eigenvalue weighted by Crippen LogP contribution is -2.56. The largest absolute Gasteiger partial charge is 0.493 e. The summed E-state index contributed by atoms with van der Waals surface area (Å²) in [6.07, 6.45) is 5.21. The van der Waals surface area contributed by atoms with E-state index in [1.807, 2.05) is 35.1 Å². The van der Waals surface area contributed by atoms with Gasteiger partial charge in [0, 0.05) is 49.7 Å². The van der Waals surface area contributed by atoms with E-state index in [-0.39, 0.29) is 31.0 Å². The molecule has 2 N–H and O–H groups in total. The van der Waals surface area contributed by atoms with E-state index in [9.17, 15) is 18.8 Å². The SMILES string of the molecule is Cc1c(-n2cccn2)sc2c1c(=O)n(C(C)(C)C(=O)NC(C)C)c(=O)n2CCc1cc(F)ccc1OCC1COC1.OC1CCOCC1.SI. The fourth-order valence-electron chi connectivity index (χ4n) is 5.56. The number of nitrogens with zero attached hydrogens (tertiary/aromatic N) is 4. The number of ether oxygens (including phenoxy) is 3. The number of hydrogen-bond acceptors (Lipinski definition) is 10. The second-order valence-electron chi connectivity index (χ2n) is 13.0. The summed E-state index contributed by atoms with van der Waals surface area (Å²) < 4.78 is 34.7. The van der Waals surface area contributed by atoms with Crippen molar-refractivity contribution in [1.82, 2.24) is 24.2 Å². The molecule has 12 nitrogen and oxygen atoms in total. The number of amides is 1. The molecule has 5 heterocycles. The first-order valence-electron chi connectivity index (χ1n) is 16.4. The molecule has 16 heteroatoms. The molecule has 2 saturated heterocycles. The monoisotopic (exact) mass is 845 g/mol. The van der Waals surface area contributed by atoms with Crippen LogP contribution in [-0.4, -0.2) is 75.1 Å². The summed E-state index contributed by atoms with van der Waals surface area (Å²) in [4.78, 5) is 41.7. The highest BCUT2D eigenvalue weighted by Gasteiger charge is 2.36. The van der Waals surface area contributed by atoms with Crippen LogP contribution in [0, 0.1) is 18.7 Å². The van der Waals surface area contributed by atoms with Crippen LogP contribution in [0.2, 0.25) is 0 Å². The minimum atomic E-state index is -1.48. The summed E-state index contributed by atoms with van der Waals surface area (Å²) in [6, 6.07) is 5.93. The van der Waals surface area contributed by atoms with E-state index in [0.29, 0.717) is 51.9 Å². The molecule has 274 valence electrons. The number of thiol groups is 1. The highest BCUT2D eigenvalue weighted by molar-refractivity contribution is 14.2. The molecular formula is C34H45FIN5O7S2. The molecule has 0 unspecified atom stereocenters. The number of thiophene rings is 1. The predicted octanol–water partition coefficient (Wildman–Crippen LogP) is 4.81. The van der Waals surface area contributed by atoms with Crippen LogP contribution in [0.3, 0.4) is 0 Å². The fraction of sp³-hybridized carbons (Fsp3) is 0.529. The van der Waals surface area contributed by atoms with Crippen molar-refractivity contribution in [3.63, 3.8) is 0 Å². The van der Waals surface area contributed by atoms with Crippen LogP contribution in [0.5, 0.6) is 5.75 Å². The van der Waals surface area contributed by atoms with Gasteiger partial charge in [-0.15, -0.1) is 9.80 Å². The number of aromatic nitrogens is 4. The molecule has 0 aliphatic carbocycles. The van der Waals surface area contributed by atoms with Gasteiger partial charge in [-0.3, -0.25) is 14.2 Å². The Hall–Kier alpha value is -2.77. The number of aryl methyl sites for hydroxylation is 3. The normalized spacial score (nSPS) is 15.2. The molecular weight excluding hydrogens is 800 g/mol. The van der Waals surface area contributed by atoms with Gasteiger partial charge in [-0.2, -0.15) is 5.10 Å². The van der Waals surface area contributed by atoms with Crippen molar-refractivity contribution in [3.8, 4) is 10.8 Å². The first kappa shape index (κ1) is 40.0. The molecule has 6 rings (SSSR count). The maximum absolute atomic E-state index is 14.3. The molecule has 3 aromatic heterocycles. The van der Waals surface area contributed by atoms with Crippen LogP contribution in [0.25, 0.3) is 15.2 Å². The molecule has 0 atom stereocenters. The number of rotatable bonds is 10. The second kappa shape index (κ2) is 18.1. The lowest BCUT2D eigenvalue weighted by molar-refractivity contribution is -0.129. The number of carbonyl (C=O) groups excluding carboxylic acids is 1. The average Bonchev–Trinajstić information content (AvgIpc) is 3.70. The Morgan fingerprint density at radius 2 is 1.92 bits per heavy atom. The van der Waals surface area contributed by atoms with Crippen LogP contribution in [0.15, 0.2) is 46.2 Å². The minimum absolute atomic E-state index is 0.0891. The highest BCUT2D eigenvalue weighted by atomic mass is 127. The van der Waals surface area contributed by atoms with Gasteiger partial charge in [0.2, 0.25) is 5.91 Å². The van der Waals surface area contributed by atoms with Gasteiger partial charge in [0.1, 0.15) is 26.9 Å². The number of carbonyl (C=O) groups is 1. The van der Waals surface area contributed by atoms with Crippen LogP contribution in [0.4, 0.5) is 4.39 Å². The molecule has 0 radical (unpaired) electrons. The predicted molar refractivity (Wildman–Crippen MR) is 204 cm³/mol. The number of halogens is 2. The van der Waals surface area contributed by atoms with Gasteiger partial charge >= 0.3 is 5.69 Å². The summed E-state index contributed by atoms with van der Waals surface area (Å²) in [5, 5.41) is 17.0. The number of aliphatic hydroxyl groups excluding tert-OH is 1. The molecule has 2 fully saturated rings. The number of benzene rings is 1. The van der Waals surface area contributed by atoms with E-state index in [0.717, 1.165) is 30.6 Å². The van der Waals surface area contributed by atoms with Crippen LogP contribution >= 0.6 is 42.3 Å². The second-order valence-corrected chi connectivity index (χ2v) is 14.0. The van der Waals surface area contributed by atoms with Crippen molar-refractivity contribution in [2.45, 2.75) is 78.1 Å². The Kier molecular flexibility index (Phi) is 14.5. The first-order valence-corrected chi connectivity index (χ1v) is 20.5. The van der Waals surface area contributed by atoms with Crippen molar-refractivity contribution < 1.29 is 28.5 Å². The Labute approximate surface area is 311 Å². The van der Waals surface area contributed by atoms with E-state index in [1.54, 1.807) is 50.0 Å². The summed E-state index contributed by atoms with van der Waals surface area (Å²) in [6.45, 7) is 11.9. The molecule has 2 aliphatic rings. The Bertz CT molecular complexity index is 1850. The topological polar surface area (TPSA) is 139 Å². The van der Waals surface area contributed by atoms with Gasteiger partial charge in [-0.05, 0) is 105 Å². The van der Waals surface area contributed by atoms with Crippen molar-refractivity contribution in [3.05, 3.63) is 74.4 Å². The van der Waals surface area contributed by atoms with Gasteiger partial charge in [0.25, 0.3) is 5.56 Å². The Balaban J connectivity index is 0.000000549. The van der Waals surface area contributed by atoms with Gasteiger partial charge < -0.3 is 24.6 Å². The van der Waals surface area contributed by atoms with E-state index < -0.39 is 28.5 Å². The molecule has 0 bridgehead atoms. The van der Waals surface area contributed by atoms with E-state index in [1.165, 1.54) is 28.0 Å². The third-order valence-corrected chi connectivity index (χ3v) is 9.74. The number of nitrogens with one attached hydrogen (secondary N) is 1. The number of aliphatic hydroxyl groups is 1. The van der Waals surface area contributed by atoms with Gasteiger partial charge in [0.05, 0.1) is 31.3 Å². The number of hydrogen-bond donors (Lipinski definition) is 3. The summed E-state index contributed by atoms with van der Waals surface area (Å²) in [5.74, 6) is -0.0420. The van der Waals surface area contributed by atoms with E-state index in [4.69, 9.17) is 19.3 Å². The molecule has 4 aromatic rings. The lowest BCUT2D eigenvalue weighted by atomic mass is 10.0. The molecule has 1 amide bonds. The third kappa shape index (κ3) is 9.36. The first-order chi connectivity index (χ1) is 23.9. The molecule has 0 spiro atoms. The fourth-order valence-corrected chi connectivity index (χ4v) is 6.82. The van der Waals surface area contributed by atoms with Gasteiger partial charge in [-0.1, -0.05) is 11.3 Å².